The highest BCUT2D eigenvalue weighted by Crippen LogP contribution is 2.80. The second-order valence-electron chi connectivity index (χ2n) is 6.46. The Balaban J connectivity index is 2.00. The van der Waals surface area contributed by atoms with Crippen LogP contribution in [0.25, 0.3) is 11.1 Å². The van der Waals surface area contributed by atoms with Crippen molar-refractivity contribution in [2.75, 3.05) is 5.73 Å². The van der Waals surface area contributed by atoms with Crippen molar-refractivity contribution in [2.24, 2.45) is 0 Å². The van der Waals surface area contributed by atoms with E-state index >= 15 is 0 Å². The van der Waals surface area contributed by atoms with E-state index in [0.29, 0.717) is 0 Å². The Morgan fingerprint density at radius 1 is 0.500 bits per heavy atom. The molecule has 0 saturated carbocycles. The number of nitrogen functional groups attached to an aromatic ring is 1. The summed E-state index contributed by atoms with van der Waals surface area (Å²) >= 11 is 0. The lowest BCUT2D eigenvalue weighted by Crippen LogP contribution is -2.01. The molecule has 4 aromatic rings. The lowest BCUT2D eigenvalue weighted by atomic mass is 10.0. The van der Waals surface area contributed by atoms with E-state index in [0.717, 1.165) is 5.69 Å². The molecule has 5 rings (SSSR count). The molecule has 126 valence electrons. The zero-order valence-electron chi connectivity index (χ0n) is 14.3. The molecule has 1 heterocycles. The topological polar surface area (TPSA) is 26.0 Å². The van der Waals surface area contributed by atoms with E-state index in [1.165, 1.54) is 30.7 Å². The Labute approximate surface area is 155 Å². The maximum Gasteiger partial charge on any atom is 0.0405 e. The van der Waals surface area contributed by atoms with Gasteiger partial charge >= 0.3 is 0 Å². The highest BCUT2D eigenvalue weighted by atomic mass is 32.3. The largest absolute Gasteiger partial charge is 0.398 e. The summed E-state index contributed by atoms with van der Waals surface area (Å²) in [4.78, 5) is 5.42. The number of hydrogen-bond acceptors (Lipinski definition) is 1. The number of fused-ring (bicyclic) bond motifs is 3. The number of anilines is 1. The first-order valence-corrected chi connectivity index (χ1v) is 10.4. The fourth-order valence-electron chi connectivity index (χ4n) is 4.04. The molecule has 0 spiro atoms. The minimum absolute atomic E-state index is 0.858. The summed E-state index contributed by atoms with van der Waals surface area (Å²) in [6.07, 6.45) is 0. The van der Waals surface area contributed by atoms with Crippen molar-refractivity contribution in [1.29, 1.82) is 0 Å². The summed E-state index contributed by atoms with van der Waals surface area (Å²) in [5.41, 5.74) is 9.80. The Morgan fingerprint density at radius 2 is 1.04 bits per heavy atom. The molecule has 2 heteroatoms. The number of nitrogens with two attached hydrogens (primary N) is 1. The van der Waals surface area contributed by atoms with E-state index in [9.17, 15) is 0 Å². The molecule has 4 aromatic carbocycles. The van der Waals surface area contributed by atoms with Gasteiger partial charge in [-0.3, -0.25) is 0 Å². The Morgan fingerprint density at radius 3 is 1.69 bits per heavy atom. The smallest absolute Gasteiger partial charge is 0.0405 e. The second-order valence-corrected chi connectivity index (χ2v) is 9.50. The van der Waals surface area contributed by atoms with Gasteiger partial charge in [-0.15, -0.1) is 10.0 Å². The highest BCUT2D eigenvalue weighted by Gasteiger charge is 2.42. The quantitative estimate of drug-likeness (QED) is 0.356. The predicted molar refractivity (Wildman–Crippen MR) is 110 cm³/mol. The Kier molecular flexibility index (Phi) is 3.41. The van der Waals surface area contributed by atoms with Crippen molar-refractivity contribution in [3.8, 4) is 11.1 Å². The van der Waals surface area contributed by atoms with Gasteiger partial charge in [-0.2, -0.15) is 0 Å². The van der Waals surface area contributed by atoms with Crippen molar-refractivity contribution >= 4 is 15.7 Å². The summed E-state index contributed by atoms with van der Waals surface area (Å²) in [7, 11) is -1.54. The zero-order chi connectivity index (χ0) is 17.6. The third kappa shape index (κ3) is 1.94. The minimum Gasteiger partial charge on any atom is -0.398 e. The number of hydrogen-bond donors (Lipinski definition) is 1. The summed E-state index contributed by atoms with van der Waals surface area (Å²) in [5, 5.41) is 0. The van der Waals surface area contributed by atoms with Crippen LogP contribution in [-0.4, -0.2) is 0 Å². The van der Waals surface area contributed by atoms with Gasteiger partial charge in [-0.25, -0.2) is 0 Å². The van der Waals surface area contributed by atoms with Gasteiger partial charge in [0.15, 0.2) is 0 Å². The van der Waals surface area contributed by atoms with Crippen LogP contribution in [0.4, 0.5) is 5.69 Å². The average molecular weight is 353 g/mol. The summed E-state index contributed by atoms with van der Waals surface area (Å²) < 4.78 is 0. The van der Waals surface area contributed by atoms with E-state index in [1.807, 2.05) is 6.07 Å². The van der Waals surface area contributed by atoms with E-state index in [2.05, 4.69) is 97.1 Å². The van der Waals surface area contributed by atoms with E-state index < -0.39 is 10.0 Å². The first kappa shape index (κ1) is 15.3. The normalized spacial score (nSPS) is 15.1. The second kappa shape index (κ2) is 5.79. The highest BCUT2D eigenvalue weighted by molar-refractivity contribution is 8.34. The molecule has 0 aromatic heterocycles. The van der Waals surface area contributed by atoms with Gasteiger partial charge in [0.1, 0.15) is 0 Å². The van der Waals surface area contributed by atoms with Gasteiger partial charge in [-0.1, -0.05) is 60.7 Å². The predicted octanol–water partition coefficient (Wildman–Crippen LogP) is 6.59. The van der Waals surface area contributed by atoms with Crippen LogP contribution >= 0.6 is 10.0 Å². The lowest BCUT2D eigenvalue weighted by Gasteiger charge is -2.39. The van der Waals surface area contributed by atoms with Crippen LogP contribution in [0, 0.1) is 0 Å². The van der Waals surface area contributed by atoms with Crippen LogP contribution in [0.2, 0.25) is 0 Å². The van der Waals surface area contributed by atoms with Gasteiger partial charge in [0, 0.05) is 30.8 Å². The molecule has 0 fully saturated rings. The minimum atomic E-state index is -1.54. The van der Waals surface area contributed by atoms with Crippen molar-refractivity contribution < 1.29 is 0 Å². The third-order valence-corrected chi connectivity index (χ3v) is 9.04. The maximum absolute atomic E-state index is 6.48. The van der Waals surface area contributed by atoms with Crippen molar-refractivity contribution in [1.82, 2.24) is 0 Å². The maximum atomic E-state index is 6.48. The van der Waals surface area contributed by atoms with Crippen molar-refractivity contribution in [3.05, 3.63) is 103 Å². The first-order valence-electron chi connectivity index (χ1n) is 8.75. The third-order valence-electron chi connectivity index (χ3n) is 5.07. The molecule has 0 unspecified atom stereocenters. The van der Waals surface area contributed by atoms with E-state index in [4.69, 9.17) is 5.73 Å². The molecule has 1 nitrogen and oxygen atoms in total. The van der Waals surface area contributed by atoms with Crippen LogP contribution in [0.1, 0.15) is 0 Å². The molecular formula is C24H19NS. The Bertz CT molecular complexity index is 1050. The number of benzene rings is 4. The molecule has 0 saturated heterocycles. The molecule has 2 N–H and O–H groups in total. The molecule has 26 heavy (non-hydrogen) atoms. The van der Waals surface area contributed by atoms with Crippen LogP contribution in [-0.2, 0) is 0 Å². The van der Waals surface area contributed by atoms with E-state index in [-0.39, 0.29) is 0 Å². The van der Waals surface area contributed by atoms with Gasteiger partial charge in [0.05, 0.1) is 0 Å². The fraction of sp³-hybridized carbons (Fsp3) is 0. The van der Waals surface area contributed by atoms with Crippen LogP contribution in [0.3, 0.4) is 0 Å². The lowest BCUT2D eigenvalue weighted by molar-refractivity contribution is 1.29. The van der Waals surface area contributed by atoms with E-state index in [1.54, 1.807) is 0 Å². The monoisotopic (exact) mass is 353 g/mol. The standard InChI is InChI=1S/C24H19NS/c25-21-15-9-17-23-24(21)20-14-7-8-16-22(20)26(23,18-10-3-1-4-11-18)19-12-5-2-6-13-19/h1-17H,25H2. The summed E-state index contributed by atoms with van der Waals surface area (Å²) in [6, 6.07) is 36.9. The molecule has 1 aliphatic rings. The average Bonchev–Trinajstić information content (AvgIpc) is 3.02. The van der Waals surface area contributed by atoms with Gasteiger partial charge < -0.3 is 5.73 Å². The first-order chi connectivity index (χ1) is 12.8. The molecule has 0 radical (unpaired) electrons. The van der Waals surface area contributed by atoms with Gasteiger partial charge in [0.25, 0.3) is 0 Å². The summed E-state index contributed by atoms with van der Waals surface area (Å²) in [6.45, 7) is 0. The molecular weight excluding hydrogens is 334 g/mol. The van der Waals surface area contributed by atoms with Crippen molar-refractivity contribution in [3.63, 3.8) is 0 Å². The summed E-state index contributed by atoms with van der Waals surface area (Å²) in [5.74, 6) is 0. The van der Waals surface area contributed by atoms with Crippen LogP contribution < -0.4 is 5.73 Å². The zero-order valence-corrected chi connectivity index (χ0v) is 15.1. The molecule has 0 aliphatic carbocycles. The molecule has 0 amide bonds. The van der Waals surface area contributed by atoms with Gasteiger partial charge in [-0.05, 0) is 48.0 Å². The van der Waals surface area contributed by atoms with Crippen molar-refractivity contribution in [2.45, 2.75) is 19.6 Å². The van der Waals surface area contributed by atoms with Crippen LogP contribution in [0.5, 0.6) is 0 Å². The SMILES string of the molecule is Nc1cccc2c1-c1ccccc1S2(c1ccccc1)c1ccccc1. The molecule has 1 aliphatic heterocycles. The van der Waals surface area contributed by atoms with Crippen LogP contribution in [0.15, 0.2) is 123 Å². The van der Waals surface area contributed by atoms with Gasteiger partial charge in [0.2, 0.25) is 0 Å². The Hall–Kier alpha value is -2.97. The number of rotatable bonds is 2. The fourth-order valence-corrected chi connectivity index (χ4v) is 8.30. The molecule has 0 bridgehead atoms. The molecule has 0 atom stereocenters.